The van der Waals surface area contributed by atoms with E-state index in [1.807, 2.05) is 38.1 Å². The van der Waals surface area contributed by atoms with Crippen LogP contribution in [0.1, 0.15) is 43.2 Å². The first-order chi connectivity index (χ1) is 17.4. The van der Waals surface area contributed by atoms with E-state index >= 15 is 0 Å². The van der Waals surface area contributed by atoms with Crippen LogP contribution in [0.3, 0.4) is 0 Å². The van der Waals surface area contributed by atoms with Crippen LogP contribution in [0.5, 0.6) is 11.5 Å². The largest absolute Gasteiger partial charge is 0.493 e. The quantitative estimate of drug-likeness (QED) is 0.576. The van der Waals surface area contributed by atoms with Crippen molar-refractivity contribution in [2.45, 2.75) is 50.7 Å². The predicted octanol–water partition coefficient (Wildman–Crippen LogP) is 4.08. The van der Waals surface area contributed by atoms with Crippen molar-refractivity contribution in [3.05, 3.63) is 59.7 Å². The summed E-state index contributed by atoms with van der Waals surface area (Å²) >= 11 is 1.62. The molecule has 2 aliphatic rings. The molecule has 4 rings (SSSR count). The molecule has 0 aromatic heterocycles. The predicted molar refractivity (Wildman–Crippen MR) is 143 cm³/mol. The SMILES string of the molecule is COc1ccc(C2SCC(C(=O)NC3CCN(Cc4ccccc4)CC3)N2C(=O)C(C)C)cc1OC. The smallest absolute Gasteiger partial charge is 0.243 e. The number of nitrogens with zero attached hydrogens (tertiary/aromatic N) is 2. The molecule has 0 bridgehead atoms. The van der Waals surface area contributed by atoms with Crippen molar-refractivity contribution in [1.82, 2.24) is 15.1 Å². The highest BCUT2D eigenvalue weighted by Crippen LogP contribution is 2.44. The van der Waals surface area contributed by atoms with Gasteiger partial charge in [-0.2, -0.15) is 0 Å². The fraction of sp³-hybridized carbons (Fsp3) is 0.500. The van der Waals surface area contributed by atoms with Gasteiger partial charge in [-0.1, -0.05) is 50.2 Å². The summed E-state index contributed by atoms with van der Waals surface area (Å²) in [7, 11) is 3.20. The van der Waals surface area contributed by atoms with E-state index in [1.54, 1.807) is 30.9 Å². The average molecular weight is 512 g/mol. The van der Waals surface area contributed by atoms with Crippen LogP contribution >= 0.6 is 11.8 Å². The highest BCUT2D eigenvalue weighted by Gasteiger charge is 2.43. The third-order valence-corrected chi connectivity index (χ3v) is 8.25. The van der Waals surface area contributed by atoms with Gasteiger partial charge in [-0.05, 0) is 36.1 Å². The van der Waals surface area contributed by atoms with E-state index in [1.165, 1.54) is 5.56 Å². The lowest BCUT2D eigenvalue weighted by Crippen LogP contribution is -2.53. The number of carbonyl (C=O) groups is 2. The number of methoxy groups -OCH3 is 2. The Morgan fingerprint density at radius 3 is 2.36 bits per heavy atom. The number of ether oxygens (including phenoxy) is 2. The van der Waals surface area contributed by atoms with Gasteiger partial charge in [0.15, 0.2) is 11.5 Å². The first-order valence-electron chi connectivity index (χ1n) is 12.6. The van der Waals surface area contributed by atoms with E-state index in [-0.39, 0.29) is 29.1 Å². The molecule has 0 saturated carbocycles. The molecule has 2 fully saturated rings. The summed E-state index contributed by atoms with van der Waals surface area (Å²) in [4.78, 5) is 31.0. The Morgan fingerprint density at radius 1 is 1.03 bits per heavy atom. The average Bonchev–Trinajstić information content (AvgIpc) is 3.34. The van der Waals surface area contributed by atoms with Gasteiger partial charge in [-0.3, -0.25) is 14.5 Å². The normalized spacial score (nSPS) is 21.0. The minimum atomic E-state index is -0.495. The van der Waals surface area contributed by atoms with Crippen molar-refractivity contribution < 1.29 is 19.1 Å². The molecule has 7 nitrogen and oxygen atoms in total. The van der Waals surface area contributed by atoms with Crippen LogP contribution in [0.15, 0.2) is 48.5 Å². The van der Waals surface area contributed by atoms with Gasteiger partial charge in [0.1, 0.15) is 11.4 Å². The van der Waals surface area contributed by atoms with Crippen molar-refractivity contribution in [2.75, 3.05) is 33.1 Å². The highest BCUT2D eigenvalue weighted by atomic mass is 32.2. The molecule has 2 aliphatic heterocycles. The Morgan fingerprint density at radius 2 is 1.72 bits per heavy atom. The van der Waals surface area contributed by atoms with E-state index in [2.05, 4.69) is 34.5 Å². The van der Waals surface area contributed by atoms with Crippen molar-refractivity contribution in [2.24, 2.45) is 5.92 Å². The molecule has 0 spiro atoms. The summed E-state index contributed by atoms with van der Waals surface area (Å²) in [6.45, 7) is 6.59. The lowest BCUT2D eigenvalue weighted by atomic mass is 10.0. The van der Waals surface area contributed by atoms with Gasteiger partial charge in [-0.25, -0.2) is 0 Å². The number of piperidine rings is 1. The molecule has 0 aliphatic carbocycles. The van der Waals surface area contributed by atoms with Crippen LogP contribution in [-0.2, 0) is 16.1 Å². The molecule has 194 valence electrons. The summed E-state index contributed by atoms with van der Waals surface area (Å²) in [6, 6.07) is 15.8. The summed E-state index contributed by atoms with van der Waals surface area (Å²) < 4.78 is 10.9. The molecule has 2 unspecified atom stereocenters. The maximum atomic E-state index is 13.4. The van der Waals surface area contributed by atoms with Crippen molar-refractivity contribution >= 4 is 23.6 Å². The van der Waals surface area contributed by atoms with E-state index in [0.717, 1.165) is 38.0 Å². The summed E-state index contributed by atoms with van der Waals surface area (Å²) in [5.41, 5.74) is 2.24. The molecule has 8 heteroatoms. The van der Waals surface area contributed by atoms with Crippen molar-refractivity contribution in [3.8, 4) is 11.5 Å². The molecule has 2 amide bonds. The number of benzene rings is 2. The number of rotatable bonds is 8. The number of hydrogen-bond donors (Lipinski definition) is 1. The number of hydrogen-bond acceptors (Lipinski definition) is 6. The third-order valence-electron chi connectivity index (χ3n) is 6.93. The van der Waals surface area contributed by atoms with Crippen LogP contribution in [-0.4, -0.2) is 66.8 Å². The van der Waals surface area contributed by atoms with Gasteiger partial charge < -0.3 is 19.7 Å². The Bertz CT molecular complexity index is 1040. The Hall–Kier alpha value is -2.71. The van der Waals surface area contributed by atoms with Crippen molar-refractivity contribution in [1.29, 1.82) is 0 Å². The van der Waals surface area contributed by atoms with Crippen LogP contribution < -0.4 is 14.8 Å². The minimum absolute atomic E-state index is 0.0161. The molecule has 36 heavy (non-hydrogen) atoms. The van der Waals surface area contributed by atoms with Crippen LogP contribution in [0.2, 0.25) is 0 Å². The number of amides is 2. The summed E-state index contributed by atoms with van der Waals surface area (Å²) in [5, 5.41) is 3.02. The number of carbonyl (C=O) groups excluding carboxylic acids is 2. The van der Waals surface area contributed by atoms with Gasteiger partial charge in [0.25, 0.3) is 0 Å². The number of likely N-dealkylation sites (tertiary alicyclic amines) is 1. The van der Waals surface area contributed by atoms with Gasteiger partial charge >= 0.3 is 0 Å². The fourth-order valence-electron chi connectivity index (χ4n) is 4.91. The maximum Gasteiger partial charge on any atom is 0.243 e. The monoisotopic (exact) mass is 511 g/mol. The second kappa shape index (κ2) is 12.0. The Labute approximate surface area is 218 Å². The molecule has 2 aromatic rings. The minimum Gasteiger partial charge on any atom is -0.493 e. The summed E-state index contributed by atoms with van der Waals surface area (Å²) in [5.74, 6) is 1.54. The molecule has 1 N–H and O–H groups in total. The van der Waals surface area contributed by atoms with E-state index in [0.29, 0.717) is 17.3 Å². The molecule has 2 atom stereocenters. The molecular formula is C28H37N3O4S. The zero-order valence-corrected chi connectivity index (χ0v) is 22.4. The first kappa shape index (κ1) is 26.4. The zero-order valence-electron chi connectivity index (χ0n) is 21.6. The first-order valence-corrected chi connectivity index (χ1v) is 13.7. The van der Waals surface area contributed by atoms with E-state index < -0.39 is 6.04 Å². The molecule has 2 aromatic carbocycles. The zero-order chi connectivity index (χ0) is 25.7. The molecular weight excluding hydrogens is 474 g/mol. The van der Waals surface area contributed by atoms with Crippen LogP contribution in [0, 0.1) is 5.92 Å². The van der Waals surface area contributed by atoms with E-state index in [9.17, 15) is 9.59 Å². The third kappa shape index (κ3) is 5.98. The van der Waals surface area contributed by atoms with Gasteiger partial charge in [0.05, 0.1) is 14.2 Å². The molecule has 0 radical (unpaired) electrons. The molecule has 2 heterocycles. The lowest BCUT2D eigenvalue weighted by molar-refractivity contribution is -0.142. The Kier molecular flexibility index (Phi) is 8.80. The second-order valence-electron chi connectivity index (χ2n) is 9.76. The fourth-order valence-corrected chi connectivity index (χ4v) is 6.34. The molecule has 2 saturated heterocycles. The Balaban J connectivity index is 1.41. The van der Waals surface area contributed by atoms with Gasteiger partial charge in [-0.15, -0.1) is 11.8 Å². The van der Waals surface area contributed by atoms with Gasteiger partial charge in [0, 0.05) is 37.3 Å². The van der Waals surface area contributed by atoms with Crippen LogP contribution in [0.25, 0.3) is 0 Å². The standard InChI is InChI=1S/C28H37N3O4S/c1-19(2)27(33)31-23(18-36-28(31)21-10-11-24(34-3)25(16-21)35-4)26(32)29-22-12-14-30(15-13-22)17-20-8-6-5-7-9-20/h5-11,16,19,22-23,28H,12-15,17-18H2,1-4H3,(H,29,32). The maximum absolute atomic E-state index is 13.4. The summed E-state index contributed by atoms with van der Waals surface area (Å²) in [6.07, 6.45) is 1.82. The lowest BCUT2D eigenvalue weighted by Gasteiger charge is -2.35. The van der Waals surface area contributed by atoms with Crippen LogP contribution in [0.4, 0.5) is 0 Å². The van der Waals surface area contributed by atoms with Crippen molar-refractivity contribution in [3.63, 3.8) is 0 Å². The van der Waals surface area contributed by atoms with Gasteiger partial charge in [0.2, 0.25) is 11.8 Å². The van der Waals surface area contributed by atoms with E-state index in [4.69, 9.17) is 9.47 Å². The second-order valence-corrected chi connectivity index (χ2v) is 10.9. The highest BCUT2D eigenvalue weighted by molar-refractivity contribution is 7.99. The topological polar surface area (TPSA) is 71.1 Å². The number of thioether (sulfide) groups is 1. The number of nitrogens with one attached hydrogen (secondary N) is 1.